The van der Waals surface area contributed by atoms with Gasteiger partial charge < -0.3 is 10.3 Å². The second-order valence-electron chi connectivity index (χ2n) is 3.84. The van der Waals surface area contributed by atoms with Crippen LogP contribution < -0.4 is 5.73 Å². The van der Waals surface area contributed by atoms with Crippen molar-refractivity contribution in [3.63, 3.8) is 0 Å². The van der Waals surface area contributed by atoms with Crippen molar-refractivity contribution in [1.82, 2.24) is 10.1 Å². The molecule has 0 saturated heterocycles. The summed E-state index contributed by atoms with van der Waals surface area (Å²) < 4.78 is 26.7. The first-order chi connectivity index (χ1) is 6.79. The van der Waals surface area contributed by atoms with E-state index in [1.807, 2.05) is 0 Å². The van der Waals surface area contributed by atoms with Crippen LogP contribution in [0.5, 0.6) is 0 Å². The Morgan fingerprint density at radius 2 is 2.07 bits per heavy atom. The molecule has 0 aliphatic rings. The smallest absolute Gasteiger partial charge is 0.247 e. The van der Waals surface area contributed by atoms with Crippen molar-refractivity contribution in [1.29, 1.82) is 0 Å². The van der Waals surface area contributed by atoms with Gasteiger partial charge in [0.15, 0.2) is 15.7 Å². The van der Waals surface area contributed by atoms with E-state index in [0.29, 0.717) is 18.8 Å². The Kier molecular flexibility index (Phi) is 3.15. The van der Waals surface area contributed by atoms with Gasteiger partial charge in [-0.25, -0.2) is 8.42 Å². The summed E-state index contributed by atoms with van der Waals surface area (Å²) in [5.41, 5.74) is 5.32. The van der Waals surface area contributed by atoms with Crippen LogP contribution in [-0.4, -0.2) is 31.4 Å². The van der Waals surface area contributed by atoms with Gasteiger partial charge in [0.1, 0.15) is 4.75 Å². The van der Waals surface area contributed by atoms with Crippen molar-refractivity contribution in [2.75, 3.05) is 12.8 Å². The van der Waals surface area contributed by atoms with E-state index in [2.05, 4.69) is 10.1 Å². The summed E-state index contributed by atoms with van der Waals surface area (Å²) in [6.45, 7) is 3.46. The van der Waals surface area contributed by atoms with Crippen molar-refractivity contribution < 1.29 is 12.9 Å². The molecule has 0 atom stereocenters. The van der Waals surface area contributed by atoms with Crippen LogP contribution in [-0.2, 0) is 21.0 Å². The van der Waals surface area contributed by atoms with Crippen LogP contribution in [0.4, 0.5) is 0 Å². The van der Waals surface area contributed by atoms with Crippen molar-refractivity contribution in [3.05, 3.63) is 11.7 Å². The minimum absolute atomic E-state index is 0.105. The molecule has 6 nitrogen and oxygen atoms in total. The van der Waals surface area contributed by atoms with Gasteiger partial charge in [-0.3, -0.25) is 0 Å². The summed E-state index contributed by atoms with van der Waals surface area (Å²) in [4.78, 5) is 4.00. The van der Waals surface area contributed by atoms with Crippen LogP contribution in [0.15, 0.2) is 4.52 Å². The fraction of sp³-hybridized carbons (Fsp3) is 0.750. The monoisotopic (exact) mass is 233 g/mol. The molecule has 1 heterocycles. The fourth-order valence-corrected chi connectivity index (χ4v) is 1.29. The summed E-state index contributed by atoms with van der Waals surface area (Å²) >= 11 is 0. The van der Waals surface area contributed by atoms with Gasteiger partial charge in [-0.05, 0) is 20.4 Å². The molecule has 15 heavy (non-hydrogen) atoms. The highest BCUT2D eigenvalue weighted by Gasteiger charge is 2.38. The molecule has 1 aromatic rings. The van der Waals surface area contributed by atoms with Crippen LogP contribution in [0, 0.1) is 0 Å². The van der Waals surface area contributed by atoms with Gasteiger partial charge in [0.2, 0.25) is 5.89 Å². The van der Waals surface area contributed by atoms with Gasteiger partial charge in [-0.2, -0.15) is 4.98 Å². The van der Waals surface area contributed by atoms with Gasteiger partial charge in [0, 0.05) is 12.7 Å². The number of aromatic nitrogens is 2. The maximum absolute atomic E-state index is 11.5. The number of sulfone groups is 1. The third-order valence-corrected chi connectivity index (χ3v) is 4.31. The molecule has 0 amide bonds. The summed E-state index contributed by atoms with van der Waals surface area (Å²) in [6, 6.07) is 0. The number of nitrogens with two attached hydrogens (primary N) is 1. The molecule has 1 aromatic heterocycles. The first-order valence-corrected chi connectivity index (χ1v) is 6.41. The van der Waals surface area contributed by atoms with E-state index in [-0.39, 0.29) is 5.89 Å². The zero-order chi connectivity index (χ0) is 11.7. The van der Waals surface area contributed by atoms with Crippen LogP contribution in [0.25, 0.3) is 0 Å². The zero-order valence-corrected chi connectivity index (χ0v) is 9.84. The van der Waals surface area contributed by atoms with Crippen LogP contribution in [0.2, 0.25) is 0 Å². The molecule has 0 aliphatic heterocycles. The molecular formula is C8H15N3O3S. The maximum atomic E-state index is 11.5. The van der Waals surface area contributed by atoms with Gasteiger partial charge in [-0.1, -0.05) is 5.16 Å². The van der Waals surface area contributed by atoms with Crippen molar-refractivity contribution in [2.45, 2.75) is 25.0 Å². The van der Waals surface area contributed by atoms with Gasteiger partial charge in [0.05, 0.1) is 0 Å². The predicted molar refractivity (Wildman–Crippen MR) is 54.9 cm³/mol. The van der Waals surface area contributed by atoms with E-state index in [0.717, 1.165) is 6.26 Å². The second kappa shape index (κ2) is 3.90. The lowest BCUT2D eigenvalue weighted by atomic mass is 10.2. The summed E-state index contributed by atoms with van der Waals surface area (Å²) in [7, 11) is -3.28. The van der Waals surface area contributed by atoms with Gasteiger partial charge in [-0.15, -0.1) is 0 Å². The Hall–Kier alpha value is -0.950. The number of nitrogens with zero attached hydrogens (tertiary/aromatic N) is 2. The SMILES string of the molecule is CC(C)(c1nc(CCN)no1)S(C)(=O)=O. The minimum atomic E-state index is -3.28. The molecule has 0 fully saturated rings. The fourth-order valence-electron chi connectivity index (χ4n) is 0.888. The van der Waals surface area contributed by atoms with E-state index in [1.54, 1.807) is 0 Å². The normalized spacial score (nSPS) is 13.1. The number of hydrogen-bond donors (Lipinski definition) is 1. The number of rotatable bonds is 4. The highest BCUT2D eigenvalue weighted by atomic mass is 32.2. The topological polar surface area (TPSA) is 99.1 Å². The minimum Gasteiger partial charge on any atom is -0.338 e. The Morgan fingerprint density at radius 1 is 1.47 bits per heavy atom. The van der Waals surface area contributed by atoms with Crippen LogP contribution in [0.3, 0.4) is 0 Å². The summed E-state index contributed by atoms with van der Waals surface area (Å²) in [6.07, 6.45) is 1.61. The van der Waals surface area contributed by atoms with E-state index >= 15 is 0 Å². The van der Waals surface area contributed by atoms with Crippen molar-refractivity contribution >= 4 is 9.84 Å². The second-order valence-corrected chi connectivity index (χ2v) is 6.40. The van der Waals surface area contributed by atoms with Crippen LogP contribution in [0.1, 0.15) is 25.6 Å². The molecule has 0 saturated carbocycles. The lowest BCUT2D eigenvalue weighted by molar-refractivity contribution is 0.344. The molecule has 1 rings (SSSR count). The lowest BCUT2D eigenvalue weighted by Crippen LogP contribution is -2.28. The first-order valence-electron chi connectivity index (χ1n) is 4.52. The molecule has 7 heteroatoms. The summed E-state index contributed by atoms with van der Waals surface area (Å²) in [5.74, 6) is 0.540. The molecule has 86 valence electrons. The average Bonchev–Trinajstić information content (AvgIpc) is 2.51. The molecule has 0 radical (unpaired) electrons. The Labute approximate surface area is 88.8 Å². The molecule has 0 bridgehead atoms. The van der Waals surface area contributed by atoms with Gasteiger partial charge >= 0.3 is 0 Å². The quantitative estimate of drug-likeness (QED) is 0.776. The van der Waals surface area contributed by atoms with E-state index in [9.17, 15) is 8.42 Å². The molecule has 0 spiro atoms. The third-order valence-electron chi connectivity index (χ3n) is 2.28. The largest absolute Gasteiger partial charge is 0.338 e. The standard InChI is InChI=1S/C8H15N3O3S/c1-8(2,15(3,12)13)7-10-6(4-5-9)11-14-7/h4-5,9H2,1-3H3. The summed E-state index contributed by atoms with van der Waals surface area (Å²) in [5, 5.41) is 3.66. The Bertz CT molecular complexity index is 436. The molecule has 2 N–H and O–H groups in total. The molecule has 0 aromatic carbocycles. The van der Waals surface area contributed by atoms with E-state index in [4.69, 9.17) is 10.3 Å². The van der Waals surface area contributed by atoms with Crippen molar-refractivity contribution in [3.8, 4) is 0 Å². The number of hydrogen-bond acceptors (Lipinski definition) is 6. The average molecular weight is 233 g/mol. The third kappa shape index (κ3) is 2.35. The van der Waals surface area contributed by atoms with E-state index < -0.39 is 14.6 Å². The van der Waals surface area contributed by atoms with Gasteiger partial charge in [0.25, 0.3) is 0 Å². The Morgan fingerprint density at radius 3 is 2.53 bits per heavy atom. The van der Waals surface area contributed by atoms with Crippen LogP contribution >= 0.6 is 0 Å². The lowest BCUT2D eigenvalue weighted by Gasteiger charge is -2.16. The van der Waals surface area contributed by atoms with Crippen molar-refractivity contribution in [2.24, 2.45) is 5.73 Å². The molecule has 0 aliphatic carbocycles. The highest BCUT2D eigenvalue weighted by molar-refractivity contribution is 7.91. The van der Waals surface area contributed by atoms with E-state index in [1.165, 1.54) is 13.8 Å². The Balaban J connectivity index is 3.06. The highest BCUT2D eigenvalue weighted by Crippen LogP contribution is 2.27. The molecule has 0 unspecified atom stereocenters. The predicted octanol–water partition coefficient (Wildman–Crippen LogP) is -0.149. The zero-order valence-electron chi connectivity index (χ0n) is 9.02. The first kappa shape index (κ1) is 12.1. The molecular weight excluding hydrogens is 218 g/mol. The maximum Gasteiger partial charge on any atom is 0.247 e.